The van der Waals surface area contributed by atoms with Crippen LogP contribution in [-0.2, 0) is 6.42 Å². The summed E-state index contributed by atoms with van der Waals surface area (Å²) in [6.45, 7) is 0.945. The Kier molecular flexibility index (Phi) is 6.25. The zero-order chi connectivity index (χ0) is 23.6. The lowest BCUT2D eigenvalue weighted by Gasteiger charge is -2.33. The van der Waals surface area contributed by atoms with Crippen LogP contribution in [0.3, 0.4) is 0 Å². The first-order chi connectivity index (χ1) is 15.8. The normalized spacial score (nSPS) is 15.9. The third kappa shape index (κ3) is 4.94. The number of anilines is 1. The van der Waals surface area contributed by atoms with Gasteiger partial charge in [0.25, 0.3) is 0 Å². The lowest BCUT2D eigenvalue weighted by atomic mass is 9.95. The van der Waals surface area contributed by atoms with Gasteiger partial charge in [-0.2, -0.15) is 18.3 Å². The molecule has 12 heteroatoms. The van der Waals surface area contributed by atoms with Gasteiger partial charge in [0.1, 0.15) is 5.69 Å². The van der Waals surface area contributed by atoms with Gasteiger partial charge in [0.2, 0.25) is 0 Å². The maximum absolute atomic E-state index is 14.6. The highest BCUT2D eigenvalue weighted by atomic mass is 19.4. The van der Waals surface area contributed by atoms with Crippen LogP contribution in [0, 0.1) is 17.3 Å². The smallest absolute Gasteiger partial charge is 0.389 e. The Morgan fingerprint density at radius 1 is 1.27 bits per heavy atom. The molecule has 0 radical (unpaired) electrons. The van der Waals surface area contributed by atoms with E-state index in [2.05, 4.69) is 20.2 Å². The number of furan rings is 1. The molecule has 0 atom stereocenters. The van der Waals surface area contributed by atoms with Crippen LogP contribution < -0.4 is 10.7 Å². The minimum atomic E-state index is -4.31. The van der Waals surface area contributed by atoms with Crippen LogP contribution in [0.5, 0.6) is 0 Å². The summed E-state index contributed by atoms with van der Waals surface area (Å²) in [5.41, 5.74) is 8.32. The van der Waals surface area contributed by atoms with Crippen molar-refractivity contribution in [3.63, 3.8) is 0 Å². The highest BCUT2D eigenvalue weighted by Gasteiger charge is 2.29. The number of hydrogen-bond acceptors (Lipinski definition) is 7. The van der Waals surface area contributed by atoms with E-state index in [0.717, 1.165) is 0 Å². The molecule has 0 saturated carbocycles. The zero-order valence-corrected chi connectivity index (χ0v) is 17.4. The fraction of sp³-hybridized carbons (Fsp3) is 0.381. The zero-order valence-electron chi connectivity index (χ0n) is 17.4. The molecule has 3 aromatic rings. The van der Waals surface area contributed by atoms with E-state index in [4.69, 9.17) is 15.8 Å². The molecule has 0 bridgehead atoms. The van der Waals surface area contributed by atoms with E-state index in [-0.39, 0.29) is 29.5 Å². The number of nitrogens with zero attached hydrogens (tertiary/aromatic N) is 5. The molecule has 0 unspecified atom stereocenters. The van der Waals surface area contributed by atoms with Gasteiger partial charge in [-0.15, -0.1) is 5.11 Å². The Bertz CT molecular complexity index is 1180. The van der Waals surface area contributed by atoms with E-state index in [1.807, 2.05) is 4.90 Å². The Morgan fingerprint density at radius 2 is 2.03 bits per heavy atom. The van der Waals surface area contributed by atoms with Gasteiger partial charge in [-0.3, -0.25) is 4.98 Å². The number of benzene rings is 1. The van der Waals surface area contributed by atoms with Gasteiger partial charge in [-0.05, 0) is 37.5 Å². The number of nitrogens with two attached hydrogens (primary N) is 1. The van der Waals surface area contributed by atoms with Crippen molar-refractivity contribution >= 4 is 22.6 Å². The third-order valence-electron chi connectivity index (χ3n) is 5.65. The van der Waals surface area contributed by atoms with E-state index in [0.29, 0.717) is 48.4 Å². The Hall–Kier alpha value is -3.57. The fourth-order valence-corrected chi connectivity index (χ4v) is 3.98. The summed E-state index contributed by atoms with van der Waals surface area (Å²) in [6, 6.07) is 4.60. The predicted molar refractivity (Wildman–Crippen MR) is 113 cm³/mol. The largest absolute Gasteiger partial charge is 0.461 e. The first-order valence-electron chi connectivity index (χ1n) is 10.3. The van der Waals surface area contributed by atoms with Crippen LogP contribution in [0.4, 0.5) is 23.4 Å². The average molecular weight is 463 g/mol. The molecule has 1 aliphatic rings. The van der Waals surface area contributed by atoms with Gasteiger partial charge < -0.3 is 15.2 Å². The molecule has 33 heavy (non-hydrogen) atoms. The summed E-state index contributed by atoms with van der Waals surface area (Å²) in [7, 11) is 0. The quantitative estimate of drug-likeness (QED) is 0.137. The number of piperidine rings is 1. The molecular formula is C21H21F4N7O. The molecule has 174 valence electrons. The van der Waals surface area contributed by atoms with Crippen LogP contribution >= 0.6 is 0 Å². The Balaban J connectivity index is 1.69. The summed E-state index contributed by atoms with van der Waals surface area (Å²) >= 11 is 0. The molecule has 1 aromatic carbocycles. The number of alkyl halides is 3. The van der Waals surface area contributed by atoms with Crippen LogP contribution in [0.2, 0.25) is 0 Å². The fourth-order valence-electron chi connectivity index (χ4n) is 3.98. The average Bonchev–Trinajstić information content (AvgIpc) is 3.28. The monoisotopic (exact) mass is 463 g/mol. The van der Waals surface area contributed by atoms with Gasteiger partial charge in [0.15, 0.2) is 23.1 Å². The van der Waals surface area contributed by atoms with Crippen molar-refractivity contribution in [2.24, 2.45) is 22.0 Å². The van der Waals surface area contributed by atoms with Gasteiger partial charge in [-0.25, -0.2) is 14.9 Å². The molecule has 4 rings (SSSR count). The molecule has 8 nitrogen and oxygen atoms in total. The number of hydrazone groups is 1. The number of amidine groups is 1. The number of nitrogens with one attached hydrogen (secondary N) is 1. The standard InChI is InChI=1S/C21H21F4N7O/c22-16-10-14(9-13-4-8-33-18(13)16)17-20(29-15(11-28-17)1-5-21(23,24)25)32-6-2-12(3-7-32)19(30-26)31-27/h4,8-12,26H,1-3,5-7,27H2/b30-26?,31-19-. The minimum absolute atomic E-state index is 0.103. The Labute approximate surface area is 186 Å². The van der Waals surface area contributed by atoms with E-state index in [1.165, 1.54) is 18.5 Å². The molecule has 1 fully saturated rings. The van der Waals surface area contributed by atoms with Crippen molar-refractivity contribution < 1.29 is 22.0 Å². The van der Waals surface area contributed by atoms with E-state index in [9.17, 15) is 17.6 Å². The van der Waals surface area contributed by atoms with E-state index in [1.54, 1.807) is 12.1 Å². The molecule has 3 N–H and O–H groups in total. The molecule has 1 aliphatic heterocycles. The minimum Gasteiger partial charge on any atom is -0.461 e. The van der Waals surface area contributed by atoms with Crippen LogP contribution in [0.15, 0.2) is 45.3 Å². The van der Waals surface area contributed by atoms with Gasteiger partial charge in [0, 0.05) is 42.6 Å². The first kappa shape index (κ1) is 22.6. The van der Waals surface area contributed by atoms with Crippen molar-refractivity contribution in [1.29, 1.82) is 5.53 Å². The number of rotatable bonds is 5. The SMILES string of the molecule is N=N/C(=N\N)C1CCN(c2nc(CCC(F)(F)F)cnc2-c2cc(F)c3occc3c2)CC1. The molecule has 2 aromatic heterocycles. The third-order valence-corrected chi connectivity index (χ3v) is 5.65. The second kappa shape index (κ2) is 9.12. The van der Waals surface area contributed by atoms with Gasteiger partial charge >= 0.3 is 6.18 Å². The molecule has 3 heterocycles. The molecule has 0 spiro atoms. The van der Waals surface area contributed by atoms with Crippen molar-refractivity contribution in [2.45, 2.75) is 31.9 Å². The lowest BCUT2D eigenvalue weighted by molar-refractivity contribution is -0.134. The summed E-state index contributed by atoms with van der Waals surface area (Å²) in [4.78, 5) is 10.8. The molecule has 1 saturated heterocycles. The topological polar surface area (TPSA) is 117 Å². The number of hydrogen-bond donors (Lipinski definition) is 2. The second-order valence-corrected chi connectivity index (χ2v) is 7.81. The van der Waals surface area contributed by atoms with Crippen LogP contribution in [0.1, 0.15) is 25.0 Å². The highest BCUT2D eigenvalue weighted by molar-refractivity contribution is 5.86. The number of aryl methyl sites for hydroxylation is 1. The van der Waals surface area contributed by atoms with Crippen LogP contribution in [-0.4, -0.2) is 35.1 Å². The molecule has 0 amide bonds. The lowest BCUT2D eigenvalue weighted by Crippen LogP contribution is -2.37. The van der Waals surface area contributed by atoms with Crippen LogP contribution in [0.25, 0.3) is 22.2 Å². The van der Waals surface area contributed by atoms with E-state index < -0.39 is 18.4 Å². The maximum Gasteiger partial charge on any atom is 0.389 e. The summed E-state index contributed by atoms with van der Waals surface area (Å²) in [6.07, 6.45) is -1.82. The molecule has 0 aliphatic carbocycles. The molecular weight excluding hydrogens is 442 g/mol. The van der Waals surface area contributed by atoms with Crippen molar-refractivity contribution in [3.8, 4) is 11.3 Å². The summed E-state index contributed by atoms with van der Waals surface area (Å²) in [5.74, 6) is 5.25. The van der Waals surface area contributed by atoms with Crippen molar-refractivity contribution in [2.75, 3.05) is 18.0 Å². The Morgan fingerprint density at radius 3 is 2.70 bits per heavy atom. The van der Waals surface area contributed by atoms with Crippen molar-refractivity contribution in [3.05, 3.63) is 42.2 Å². The second-order valence-electron chi connectivity index (χ2n) is 7.81. The first-order valence-corrected chi connectivity index (χ1v) is 10.3. The summed E-state index contributed by atoms with van der Waals surface area (Å²) in [5, 5.41) is 7.45. The van der Waals surface area contributed by atoms with Gasteiger partial charge in [0.05, 0.1) is 12.0 Å². The highest BCUT2D eigenvalue weighted by Crippen LogP contribution is 2.34. The number of fused-ring (bicyclic) bond motifs is 1. The van der Waals surface area contributed by atoms with Gasteiger partial charge in [-0.1, -0.05) is 0 Å². The predicted octanol–water partition coefficient (Wildman–Crippen LogP) is 5.04. The van der Waals surface area contributed by atoms with E-state index >= 15 is 0 Å². The number of halogens is 4. The summed E-state index contributed by atoms with van der Waals surface area (Å²) < 4.78 is 57.9. The van der Waals surface area contributed by atoms with Crippen molar-refractivity contribution in [1.82, 2.24) is 9.97 Å². The maximum atomic E-state index is 14.6. The number of aromatic nitrogens is 2.